The summed E-state index contributed by atoms with van der Waals surface area (Å²) in [5, 5.41) is 1.45. The minimum absolute atomic E-state index is 0.208. The molecule has 2 aromatic rings. The van der Waals surface area contributed by atoms with Gasteiger partial charge in [-0.2, -0.15) is 0 Å². The lowest BCUT2D eigenvalue weighted by molar-refractivity contribution is 0.174. The molecular formula is C11H7BrO4. The summed E-state index contributed by atoms with van der Waals surface area (Å²) in [6.07, 6.45) is 0. The second-order valence-electron chi connectivity index (χ2n) is 3.43. The van der Waals surface area contributed by atoms with Crippen LogP contribution in [0.5, 0.6) is 11.5 Å². The van der Waals surface area contributed by atoms with E-state index in [2.05, 4.69) is 15.9 Å². The van der Waals surface area contributed by atoms with Gasteiger partial charge in [0.05, 0.1) is 0 Å². The van der Waals surface area contributed by atoms with Gasteiger partial charge in [-0.1, -0.05) is 15.9 Å². The molecule has 0 saturated carbocycles. The van der Waals surface area contributed by atoms with Gasteiger partial charge in [0.25, 0.3) is 0 Å². The molecule has 0 atom stereocenters. The third kappa shape index (κ3) is 1.39. The lowest BCUT2D eigenvalue weighted by atomic mass is 10.1. The van der Waals surface area contributed by atoms with Crippen LogP contribution in [0.3, 0.4) is 0 Å². The fraction of sp³-hybridized carbons (Fsp3) is 0.182. The third-order valence-corrected chi connectivity index (χ3v) is 3.07. The molecule has 1 aromatic carbocycles. The molecule has 4 nitrogen and oxygen atoms in total. The fourth-order valence-corrected chi connectivity index (χ4v) is 2.19. The van der Waals surface area contributed by atoms with Crippen LogP contribution < -0.4 is 15.1 Å². The largest absolute Gasteiger partial charge is 0.454 e. The molecule has 0 amide bonds. The van der Waals surface area contributed by atoms with E-state index in [0.717, 1.165) is 10.9 Å². The van der Waals surface area contributed by atoms with Crippen LogP contribution in [0, 0.1) is 0 Å². The Kier molecular flexibility index (Phi) is 2.14. The summed E-state index contributed by atoms with van der Waals surface area (Å²) in [5.41, 5.74) is 1.04. The summed E-state index contributed by atoms with van der Waals surface area (Å²) in [6, 6.07) is 4.99. The van der Waals surface area contributed by atoms with Crippen LogP contribution >= 0.6 is 15.9 Å². The van der Waals surface area contributed by atoms with Crippen molar-refractivity contribution in [2.75, 3.05) is 6.79 Å². The van der Waals surface area contributed by atoms with Crippen LogP contribution in [0.25, 0.3) is 11.0 Å². The average molecular weight is 283 g/mol. The summed E-state index contributed by atoms with van der Waals surface area (Å²) in [7, 11) is 0. The summed E-state index contributed by atoms with van der Waals surface area (Å²) >= 11 is 3.34. The van der Waals surface area contributed by atoms with E-state index in [9.17, 15) is 4.79 Å². The zero-order chi connectivity index (χ0) is 11.1. The highest BCUT2D eigenvalue weighted by atomic mass is 79.9. The Morgan fingerprint density at radius 2 is 1.94 bits per heavy atom. The first-order valence-electron chi connectivity index (χ1n) is 4.70. The van der Waals surface area contributed by atoms with Gasteiger partial charge in [0, 0.05) is 22.8 Å². The maximum atomic E-state index is 11.3. The van der Waals surface area contributed by atoms with E-state index in [1.54, 1.807) is 6.07 Å². The molecule has 5 heteroatoms. The molecule has 1 aliphatic heterocycles. The monoisotopic (exact) mass is 282 g/mol. The Balaban J connectivity index is 2.39. The smallest absolute Gasteiger partial charge is 0.336 e. The van der Waals surface area contributed by atoms with Gasteiger partial charge in [-0.3, -0.25) is 0 Å². The summed E-state index contributed by atoms with van der Waals surface area (Å²) in [4.78, 5) is 11.3. The minimum atomic E-state index is -0.360. The first-order chi connectivity index (χ1) is 7.78. The maximum Gasteiger partial charge on any atom is 0.336 e. The highest BCUT2D eigenvalue weighted by Gasteiger charge is 2.16. The van der Waals surface area contributed by atoms with Crippen molar-refractivity contribution in [3.63, 3.8) is 0 Å². The predicted molar refractivity (Wildman–Crippen MR) is 61.2 cm³/mol. The van der Waals surface area contributed by atoms with Gasteiger partial charge >= 0.3 is 5.63 Å². The molecule has 0 aliphatic carbocycles. The zero-order valence-corrected chi connectivity index (χ0v) is 9.74. The zero-order valence-electron chi connectivity index (χ0n) is 8.16. The van der Waals surface area contributed by atoms with Crippen molar-refractivity contribution in [1.29, 1.82) is 0 Å². The van der Waals surface area contributed by atoms with Crippen LogP contribution in [0.2, 0.25) is 0 Å². The van der Waals surface area contributed by atoms with Crippen molar-refractivity contribution in [3.05, 3.63) is 34.2 Å². The first-order valence-corrected chi connectivity index (χ1v) is 5.82. The second-order valence-corrected chi connectivity index (χ2v) is 3.99. The molecule has 16 heavy (non-hydrogen) atoms. The van der Waals surface area contributed by atoms with Crippen LogP contribution in [0.15, 0.2) is 27.4 Å². The number of halogens is 1. The lowest BCUT2D eigenvalue weighted by Crippen LogP contribution is -1.99. The molecule has 0 radical (unpaired) electrons. The average Bonchev–Trinajstić information content (AvgIpc) is 2.72. The Hall–Kier alpha value is -1.49. The van der Waals surface area contributed by atoms with Gasteiger partial charge in [0.15, 0.2) is 11.5 Å². The first kappa shape index (κ1) is 9.72. The lowest BCUT2D eigenvalue weighted by Gasteiger charge is -2.03. The summed E-state index contributed by atoms with van der Waals surface area (Å²) in [5.74, 6) is 1.30. The van der Waals surface area contributed by atoms with E-state index in [0.29, 0.717) is 22.4 Å². The van der Waals surface area contributed by atoms with Gasteiger partial charge in [0.2, 0.25) is 6.79 Å². The van der Waals surface area contributed by atoms with E-state index < -0.39 is 0 Å². The Bertz CT molecular complexity index is 617. The van der Waals surface area contributed by atoms with Crippen LogP contribution in [-0.2, 0) is 5.33 Å². The van der Waals surface area contributed by atoms with E-state index in [4.69, 9.17) is 13.9 Å². The molecule has 1 aromatic heterocycles. The number of rotatable bonds is 1. The van der Waals surface area contributed by atoms with Gasteiger partial charge < -0.3 is 13.9 Å². The summed E-state index contributed by atoms with van der Waals surface area (Å²) in [6.45, 7) is 0.208. The Labute approximate surface area is 98.9 Å². The van der Waals surface area contributed by atoms with Crippen molar-refractivity contribution >= 4 is 26.9 Å². The van der Waals surface area contributed by atoms with E-state index in [1.165, 1.54) is 6.07 Å². The molecule has 0 unspecified atom stereocenters. The SMILES string of the molecule is O=c1cc(CBr)c2cc3c(cc2o1)OCO3. The van der Waals surface area contributed by atoms with E-state index in [-0.39, 0.29) is 12.4 Å². The number of hydrogen-bond donors (Lipinski definition) is 0. The van der Waals surface area contributed by atoms with Crippen molar-refractivity contribution < 1.29 is 13.9 Å². The Morgan fingerprint density at radius 1 is 1.19 bits per heavy atom. The van der Waals surface area contributed by atoms with Crippen LogP contribution in [0.1, 0.15) is 5.56 Å². The molecule has 0 bridgehead atoms. The molecule has 0 saturated heterocycles. The molecule has 0 N–H and O–H groups in total. The van der Waals surface area contributed by atoms with Gasteiger partial charge in [0.1, 0.15) is 5.58 Å². The van der Waals surface area contributed by atoms with E-state index >= 15 is 0 Å². The molecular weight excluding hydrogens is 276 g/mol. The molecule has 2 heterocycles. The highest BCUT2D eigenvalue weighted by molar-refractivity contribution is 9.08. The number of alkyl halides is 1. The quantitative estimate of drug-likeness (QED) is 0.595. The summed E-state index contributed by atoms with van der Waals surface area (Å²) < 4.78 is 15.6. The van der Waals surface area contributed by atoms with E-state index in [1.807, 2.05) is 6.07 Å². The molecule has 0 spiro atoms. The fourth-order valence-electron chi connectivity index (χ4n) is 1.73. The standard InChI is InChI=1S/C11H7BrO4/c12-4-6-1-11(13)16-8-3-10-9(2-7(6)8)14-5-15-10/h1-3H,4-5H2. The van der Waals surface area contributed by atoms with Gasteiger partial charge in [-0.05, 0) is 11.6 Å². The molecule has 82 valence electrons. The molecule has 1 aliphatic rings. The highest BCUT2D eigenvalue weighted by Crippen LogP contribution is 2.36. The van der Waals surface area contributed by atoms with Crippen LogP contribution in [0.4, 0.5) is 0 Å². The number of hydrogen-bond acceptors (Lipinski definition) is 4. The van der Waals surface area contributed by atoms with Crippen LogP contribution in [-0.4, -0.2) is 6.79 Å². The topological polar surface area (TPSA) is 48.7 Å². The predicted octanol–water partition coefficient (Wildman–Crippen LogP) is 2.42. The number of ether oxygens (including phenoxy) is 2. The third-order valence-electron chi connectivity index (χ3n) is 2.47. The van der Waals surface area contributed by atoms with Gasteiger partial charge in [-0.15, -0.1) is 0 Å². The van der Waals surface area contributed by atoms with Crippen molar-refractivity contribution in [1.82, 2.24) is 0 Å². The van der Waals surface area contributed by atoms with Crippen molar-refractivity contribution in [2.24, 2.45) is 0 Å². The second kappa shape index (κ2) is 3.52. The molecule has 3 rings (SSSR count). The number of fused-ring (bicyclic) bond motifs is 2. The molecule has 0 fully saturated rings. The normalized spacial score (nSPS) is 13.3. The number of benzene rings is 1. The minimum Gasteiger partial charge on any atom is -0.454 e. The van der Waals surface area contributed by atoms with Crippen molar-refractivity contribution in [3.8, 4) is 11.5 Å². The maximum absolute atomic E-state index is 11.3. The van der Waals surface area contributed by atoms with Crippen molar-refractivity contribution in [2.45, 2.75) is 5.33 Å². The van der Waals surface area contributed by atoms with Gasteiger partial charge in [-0.25, -0.2) is 4.79 Å². The Morgan fingerprint density at radius 3 is 2.69 bits per heavy atom.